The standard InChI is InChI=1S/C17H25ClN2.ClH/c18-17-5-1-4-16(11-17)15-6-9-20(10-7-15)13-14-3-2-8-19-12-14;/h1,4-5,11,14-15,19H,2-3,6-10,12-13H2;1H. The van der Waals surface area contributed by atoms with Crippen molar-refractivity contribution in [1.29, 1.82) is 0 Å². The van der Waals surface area contributed by atoms with E-state index in [1.807, 2.05) is 6.07 Å². The minimum Gasteiger partial charge on any atom is -0.316 e. The Bertz CT molecular complexity index is 425. The van der Waals surface area contributed by atoms with E-state index < -0.39 is 0 Å². The molecule has 2 saturated heterocycles. The van der Waals surface area contributed by atoms with Gasteiger partial charge in [-0.05, 0) is 81.4 Å². The Labute approximate surface area is 139 Å². The van der Waals surface area contributed by atoms with E-state index in [-0.39, 0.29) is 12.4 Å². The van der Waals surface area contributed by atoms with Crippen LogP contribution in [0.15, 0.2) is 24.3 Å². The van der Waals surface area contributed by atoms with Crippen molar-refractivity contribution in [3.8, 4) is 0 Å². The van der Waals surface area contributed by atoms with Gasteiger partial charge in [0.1, 0.15) is 0 Å². The van der Waals surface area contributed by atoms with Gasteiger partial charge in [-0.3, -0.25) is 0 Å². The maximum atomic E-state index is 6.10. The summed E-state index contributed by atoms with van der Waals surface area (Å²) in [5.74, 6) is 1.57. The number of halogens is 2. The number of rotatable bonds is 3. The fraction of sp³-hybridized carbons (Fsp3) is 0.647. The first-order chi connectivity index (χ1) is 9.81. The van der Waals surface area contributed by atoms with Crippen molar-refractivity contribution in [2.45, 2.75) is 31.6 Å². The van der Waals surface area contributed by atoms with E-state index in [1.165, 1.54) is 64.0 Å². The molecule has 2 aliphatic heterocycles. The zero-order valence-corrected chi connectivity index (χ0v) is 14.1. The van der Waals surface area contributed by atoms with Gasteiger partial charge >= 0.3 is 0 Å². The van der Waals surface area contributed by atoms with Gasteiger partial charge in [-0.2, -0.15) is 0 Å². The van der Waals surface area contributed by atoms with Gasteiger partial charge < -0.3 is 10.2 Å². The van der Waals surface area contributed by atoms with Gasteiger partial charge in [-0.15, -0.1) is 12.4 Å². The zero-order chi connectivity index (χ0) is 13.8. The van der Waals surface area contributed by atoms with Crippen molar-refractivity contribution < 1.29 is 0 Å². The molecule has 118 valence electrons. The lowest BCUT2D eigenvalue weighted by Gasteiger charge is -2.35. The highest BCUT2D eigenvalue weighted by Crippen LogP contribution is 2.30. The Morgan fingerprint density at radius 3 is 2.67 bits per heavy atom. The Morgan fingerprint density at radius 1 is 1.19 bits per heavy atom. The van der Waals surface area contributed by atoms with E-state index in [4.69, 9.17) is 11.6 Å². The van der Waals surface area contributed by atoms with Crippen molar-refractivity contribution in [2.24, 2.45) is 5.92 Å². The predicted molar refractivity (Wildman–Crippen MR) is 92.7 cm³/mol. The fourth-order valence-corrected chi connectivity index (χ4v) is 3.85. The molecule has 0 aliphatic carbocycles. The highest BCUT2D eigenvalue weighted by Gasteiger charge is 2.23. The maximum Gasteiger partial charge on any atom is 0.0408 e. The number of nitrogens with one attached hydrogen (secondary N) is 1. The van der Waals surface area contributed by atoms with Gasteiger partial charge in [0, 0.05) is 11.6 Å². The fourth-order valence-electron chi connectivity index (χ4n) is 3.65. The molecule has 1 atom stereocenters. The summed E-state index contributed by atoms with van der Waals surface area (Å²) < 4.78 is 0. The van der Waals surface area contributed by atoms with Crippen LogP contribution in [0.5, 0.6) is 0 Å². The van der Waals surface area contributed by atoms with Gasteiger partial charge in [0.15, 0.2) is 0 Å². The number of nitrogens with zero attached hydrogens (tertiary/aromatic N) is 1. The smallest absolute Gasteiger partial charge is 0.0408 e. The maximum absolute atomic E-state index is 6.10. The summed E-state index contributed by atoms with van der Waals surface area (Å²) in [4.78, 5) is 2.67. The van der Waals surface area contributed by atoms with Crippen LogP contribution in [0.3, 0.4) is 0 Å². The molecule has 21 heavy (non-hydrogen) atoms. The summed E-state index contributed by atoms with van der Waals surface area (Å²) in [6.07, 6.45) is 5.31. The predicted octanol–water partition coefficient (Wildman–Crippen LogP) is 3.94. The second-order valence-corrected chi connectivity index (χ2v) is 6.78. The Kier molecular flexibility index (Phi) is 6.81. The molecule has 1 aromatic carbocycles. The topological polar surface area (TPSA) is 15.3 Å². The van der Waals surface area contributed by atoms with Crippen molar-refractivity contribution in [3.05, 3.63) is 34.9 Å². The third-order valence-corrected chi connectivity index (χ3v) is 5.06. The van der Waals surface area contributed by atoms with Gasteiger partial charge in [0.05, 0.1) is 0 Å². The molecule has 4 heteroatoms. The van der Waals surface area contributed by atoms with E-state index in [0.29, 0.717) is 5.92 Å². The van der Waals surface area contributed by atoms with Crippen LogP contribution in [0.2, 0.25) is 5.02 Å². The quantitative estimate of drug-likeness (QED) is 0.904. The average molecular weight is 329 g/mol. The van der Waals surface area contributed by atoms with E-state index >= 15 is 0 Å². The Hall–Kier alpha value is -0.280. The lowest BCUT2D eigenvalue weighted by molar-refractivity contribution is 0.169. The molecule has 0 amide bonds. The molecule has 2 nitrogen and oxygen atoms in total. The van der Waals surface area contributed by atoms with Crippen LogP contribution in [0, 0.1) is 5.92 Å². The molecular weight excluding hydrogens is 303 g/mol. The zero-order valence-electron chi connectivity index (χ0n) is 12.6. The van der Waals surface area contributed by atoms with Crippen LogP contribution in [0.25, 0.3) is 0 Å². The van der Waals surface area contributed by atoms with E-state index in [0.717, 1.165) is 10.9 Å². The van der Waals surface area contributed by atoms with Crippen LogP contribution in [-0.4, -0.2) is 37.6 Å². The molecule has 0 spiro atoms. The number of hydrogen-bond donors (Lipinski definition) is 1. The molecule has 1 aromatic rings. The minimum atomic E-state index is 0. The monoisotopic (exact) mass is 328 g/mol. The second kappa shape index (κ2) is 8.38. The lowest BCUT2D eigenvalue weighted by atomic mass is 9.88. The Balaban J connectivity index is 0.00000161. The molecule has 1 N–H and O–H groups in total. The van der Waals surface area contributed by atoms with Crippen LogP contribution in [0.4, 0.5) is 0 Å². The number of piperidine rings is 2. The van der Waals surface area contributed by atoms with Crippen LogP contribution in [0.1, 0.15) is 37.2 Å². The molecular formula is C17H26Cl2N2. The van der Waals surface area contributed by atoms with Gasteiger partial charge in [-0.1, -0.05) is 23.7 Å². The highest BCUT2D eigenvalue weighted by atomic mass is 35.5. The van der Waals surface area contributed by atoms with Crippen molar-refractivity contribution in [3.63, 3.8) is 0 Å². The van der Waals surface area contributed by atoms with Crippen LogP contribution in [-0.2, 0) is 0 Å². The van der Waals surface area contributed by atoms with Crippen molar-refractivity contribution in [1.82, 2.24) is 10.2 Å². The molecule has 0 aromatic heterocycles. The number of hydrogen-bond acceptors (Lipinski definition) is 2. The van der Waals surface area contributed by atoms with Gasteiger partial charge in [0.2, 0.25) is 0 Å². The molecule has 0 bridgehead atoms. The highest BCUT2D eigenvalue weighted by molar-refractivity contribution is 6.30. The third kappa shape index (κ3) is 4.85. The first kappa shape index (κ1) is 17.1. The van der Waals surface area contributed by atoms with E-state index in [2.05, 4.69) is 28.4 Å². The average Bonchev–Trinajstić information content (AvgIpc) is 2.49. The summed E-state index contributed by atoms with van der Waals surface area (Å²) in [7, 11) is 0. The normalized spacial score (nSPS) is 24.5. The summed E-state index contributed by atoms with van der Waals surface area (Å²) in [5, 5.41) is 4.40. The lowest BCUT2D eigenvalue weighted by Crippen LogP contribution is -2.41. The molecule has 0 radical (unpaired) electrons. The molecule has 2 heterocycles. The minimum absolute atomic E-state index is 0. The summed E-state index contributed by atoms with van der Waals surface area (Å²) in [6, 6.07) is 8.43. The summed E-state index contributed by atoms with van der Waals surface area (Å²) >= 11 is 6.10. The first-order valence-electron chi connectivity index (χ1n) is 8.00. The molecule has 1 unspecified atom stereocenters. The van der Waals surface area contributed by atoms with E-state index in [9.17, 15) is 0 Å². The first-order valence-corrected chi connectivity index (χ1v) is 8.37. The second-order valence-electron chi connectivity index (χ2n) is 6.34. The van der Waals surface area contributed by atoms with Gasteiger partial charge in [0.25, 0.3) is 0 Å². The van der Waals surface area contributed by atoms with Gasteiger partial charge in [-0.25, -0.2) is 0 Å². The molecule has 2 fully saturated rings. The summed E-state index contributed by atoms with van der Waals surface area (Å²) in [5.41, 5.74) is 1.43. The van der Waals surface area contributed by atoms with Crippen LogP contribution < -0.4 is 5.32 Å². The van der Waals surface area contributed by atoms with Crippen molar-refractivity contribution in [2.75, 3.05) is 32.7 Å². The molecule has 0 saturated carbocycles. The number of benzene rings is 1. The van der Waals surface area contributed by atoms with Crippen LogP contribution >= 0.6 is 24.0 Å². The molecule has 2 aliphatic rings. The van der Waals surface area contributed by atoms with E-state index in [1.54, 1.807) is 0 Å². The van der Waals surface area contributed by atoms with Crippen molar-refractivity contribution >= 4 is 24.0 Å². The third-order valence-electron chi connectivity index (χ3n) is 4.82. The largest absolute Gasteiger partial charge is 0.316 e. The number of likely N-dealkylation sites (tertiary alicyclic amines) is 1. The Morgan fingerprint density at radius 2 is 2.00 bits per heavy atom. The SMILES string of the molecule is Cl.Clc1cccc(C2CCN(CC3CCCNC3)CC2)c1. The summed E-state index contributed by atoms with van der Waals surface area (Å²) in [6.45, 7) is 6.21. The molecule has 3 rings (SSSR count).